The number of nitrogens with zero attached hydrogens (tertiary/aromatic N) is 3. The summed E-state index contributed by atoms with van der Waals surface area (Å²) in [7, 11) is 0. The van der Waals surface area contributed by atoms with Gasteiger partial charge in [-0.15, -0.1) is 0 Å². The molecule has 0 unspecified atom stereocenters. The fraction of sp³-hybridized carbons (Fsp3) is 0.286. The van der Waals surface area contributed by atoms with E-state index in [9.17, 15) is 0 Å². The Hall–Kier alpha value is -1.45. The fourth-order valence-electron chi connectivity index (χ4n) is 0.876. The predicted octanol–water partition coefficient (Wildman–Crippen LogP) is 1.18. The van der Waals surface area contributed by atoms with Crippen molar-refractivity contribution in [2.24, 2.45) is 0 Å². The molecule has 0 aliphatic heterocycles. The SMILES string of the molecule is CCc1ncc2ocnc2n1. The van der Waals surface area contributed by atoms with Crippen LogP contribution in [0.1, 0.15) is 12.7 Å². The van der Waals surface area contributed by atoms with Gasteiger partial charge in [0.1, 0.15) is 5.82 Å². The van der Waals surface area contributed by atoms with Crippen LogP contribution in [0.2, 0.25) is 0 Å². The van der Waals surface area contributed by atoms with E-state index >= 15 is 0 Å². The summed E-state index contributed by atoms with van der Waals surface area (Å²) >= 11 is 0. The number of aryl methyl sites for hydroxylation is 1. The lowest BCUT2D eigenvalue weighted by atomic mass is 10.4. The number of oxazole rings is 1. The normalized spacial score (nSPS) is 10.6. The van der Waals surface area contributed by atoms with Crippen molar-refractivity contribution in [3.8, 4) is 0 Å². The van der Waals surface area contributed by atoms with Gasteiger partial charge in [0, 0.05) is 6.42 Å². The number of fused-ring (bicyclic) bond motifs is 1. The largest absolute Gasteiger partial charge is 0.440 e. The first-order chi connectivity index (χ1) is 5.40. The number of hydrogen-bond acceptors (Lipinski definition) is 4. The molecule has 4 heteroatoms. The van der Waals surface area contributed by atoms with E-state index < -0.39 is 0 Å². The van der Waals surface area contributed by atoms with Crippen LogP contribution >= 0.6 is 0 Å². The van der Waals surface area contributed by atoms with Crippen LogP contribution in [0.3, 0.4) is 0 Å². The van der Waals surface area contributed by atoms with Gasteiger partial charge in [0.15, 0.2) is 12.0 Å². The van der Waals surface area contributed by atoms with Crippen molar-refractivity contribution in [2.45, 2.75) is 13.3 Å². The molecular formula is C7H7N3O. The lowest BCUT2D eigenvalue weighted by Crippen LogP contribution is -1.90. The van der Waals surface area contributed by atoms with Crippen LogP contribution in [0.4, 0.5) is 0 Å². The topological polar surface area (TPSA) is 51.8 Å². The van der Waals surface area contributed by atoms with Gasteiger partial charge in [-0.2, -0.15) is 4.98 Å². The summed E-state index contributed by atoms with van der Waals surface area (Å²) in [5.41, 5.74) is 1.28. The van der Waals surface area contributed by atoms with Gasteiger partial charge in [0.25, 0.3) is 0 Å². The van der Waals surface area contributed by atoms with E-state index in [1.54, 1.807) is 6.20 Å². The quantitative estimate of drug-likeness (QED) is 0.610. The number of hydrogen-bond donors (Lipinski definition) is 0. The van der Waals surface area contributed by atoms with E-state index in [2.05, 4.69) is 15.0 Å². The molecule has 0 spiro atoms. The van der Waals surface area contributed by atoms with Crippen LogP contribution in [0, 0.1) is 0 Å². The van der Waals surface area contributed by atoms with Crippen molar-refractivity contribution in [1.29, 1.82) is 0 Å². The van der Waals surface area contributed by atoms with E-state index in [1.165, 1.54) is 6.39 Å². The Morgan fingerprint density at radius 2 is 2.36 bits per heavy atom. The maximum Gasteiger partial charge on any atom is 0.201 e. The monoisotopic (exact) mass is 149 g/mol. The highest BCUT2D eigenvalue weighted by Crippen LogP contribution is 2.07. The Labute approximate surface area is 63.3 Å². The molecule has 0 aliphatic rings. The standard InChI is InChI=1S/C7H7N3O/c1-2-6-8-3-5-7(10-6)9-4-11-5/h3-4H,2H2,1H3. The molecule has 0 fully saturated rings. The molecule has 0 bridgehead atoms. The maximum absolute atomic E-state index is 4.98. The zero-order chi connectivity index (χ0) is 7.68. The van der Waals surface area contributed by atoms with Gasteiger partial charge in [-0.3, -0.25) is 0 Å². The first-order valence-corrected chi connectivity index (χ1v) is 3.45. The molecule has 0 saturated heterocycles. The summed E-state index contributed by atoms with van der Waals surface area (Å²) in [6, 6.07) is 0. The second-order valence-corrected chi connectivity index (χ2v) is 2.18. The number of aromatic nitrogens is 3. The van der Waals surface area contributed by atoms with Crippen molar-refractivity contribution in [3.05, 3.63) is 18.4 Å². The van der Waals surface area contributed by atoms with Crippen LogP contribution < -0.4 is 0 Å². The Balaban J connectivity index is 2.67. The second kappa shape index (κ2) is 2.30. The summed E-state index contributed by atoms with van der Waals surface area (Å²) in [6.45, 7) is 2.00. The lowest BCUT2D eigenvalue weighted by Gasteiger charge is -1.90. The zero-order valence-corrected chi connectivity index (χ0v) is 6.11. The molecular weight excluding hydrogens is 142 g/mol. The third kappa shape index (κ3) is 0.960. The molecule has 0 aromatic carbocycles. The molecule has 2 aromatic rings. The molecule has 2 aromatic heterocycles. The first kappa shape index (κ1) is 6.27. The molecule has 0 N–H and O–H groups in total. The molecule has 4 nitrogen and oxygen atoms in total. The van der Waals surface area contributed by atoms with Crippen molar-refractivity contribution in [2.75, 3.05) is 0 Å². The van der Waals surface area contributed by atoms with Crippen LogP contribution in [0.5, 0.6) is 0 Å². The Morgan fingerprint density at radius 1 is 1.45 bits per heavy atom. The third-order valence-corrected chi connectivity index (χ3v) is 1.46. The van der Waals surface area contributed by atoms with Gasteiger partial charge < -0.3 is 4.42 Å². The van der Waals surface area contributed by atoms with Crippen LogP contribution in [-0.4, -0.2) is 15.0 Å². The van der Waals surface area contributed by atoms with Crippen molar-refractivity contribution >= 4 is 11.2 Å². The van der Waals surface area contributed by atoms with E-state index in [1.807, 2.05) is 6.92 Å². The van der Waals surface area contributed by atoms with Crippen molar-refractivity contribution in [3.63, 3.8) is 0 Å². The van der Waals surface area contributed by atoms with E-state index in [0.717, 1.165) is 12.2 Å². The maximum atomic E-state index is 4.98. The average Bonchev–Trinajstić information content (AvgIpc) is 2.50. The van der Waals surface area contributed by atoms with Gasteiger partial charge >= 0.3 is 0 Å². The van der Waals surface area contributed by atoms with E-state index in [-0.39, 0.29) is 0 Å². The predicted molar refractivity (Wildman–Crippen MR) is 39.0 cm³/mol. The number of rotatable bonds is 1. The van der Waals surface area contributed by atoms with E-state index in [4.69, 9.17) is 4.42 Å². The summed E-state index contributed by atoms with van der Waals surface area (Å²) in [4.78, 5) is 12.1. The van der Waals surface area contributed by atoms with Crippen molar-refractivity contribution in [1.82, 2.24) is 15.0 Å². The molecule has 0 amide bonds. The molecule has 2 heterocycles. The lowest BCUT2D eigenvalue weighted by molar-refractivity contribution is 0.600. The molecule has 0 atom stereocenters. The average molecular weight is 149 g/mol. The Morgan fingerprint density at radius 3 is 3.18 bits per heavy atom. The fourth-order valence-corrected chi connectivity index (χ4v) is 0.876. The highest BCUT2D eigenvalue weighted by Gasteiger charge is 2.00. The summed E-state index contributed by atoms with van der Waals surface area (Å²) in [5, 5.41) is 0. The Kier molecular flexibility index (Phi) is 1.31. The molecule has 11 heavy (non-hydrogen) atoms. The molecule has 56 valence electrons. The van der Waals surface area contributed by atoms with Gasteiger partial charge in [0.05, 0.1) is 6.20 Å². The van der Waals surface area contributed by atoms with Crippen LogP contribution in [0.15, 0.2) is 17.0 Å². The summed E-state index contributed by atoms with van der Waals surface area (Å²) in [5.74, 6) is 0.798. The van der Waals surface area contributed by atoms with E-state index in [0.29, 0.717) is 11.2 Å². The summed E-state index contributed by atoms with van der Waals surface area (Å²) < 4.78 is 4.98. The molecule has 0 radical (unpaired) electrons. The molecule has 0 saturated carbocycles. The second-order valence-electron chi connectivity index (χ2n) is 2.18. The minimum Gasteiger partial charge on any atom is -0.440 e. The van der Waals surface area contributed by atoms with Gasteiger partial charge in [-0.1, -0.05) is 6.92 Å². The smallest absolute Gasteiger partial charge is 0.201 e. The van der Waals surface area contributed by atoms with Crippen LogP contribution in [-0.2, 0) is 6.42 Å². The van der Waals surface area contributed by atoms with Gasteiger partial charge in [-0.25, -0.2) is 9.97 Å². The highest BCUT2D eigenvalue weighted by molar-refractivity contribution is 5.65. The zero-order valence-electron chi connectivity index (χ0n) is 6.11. The highest BCUT2D eigenvalue weighted by atomic mass is 16.3. The van der Waals surface area contributed by atoms with Crippen LogP contribution in [0.25, 0.3) is 11.2 Å². The van der Waals surface area contributed by atoms with Gasteiger partial charge in [0.2, 0.25) is 5.65 Å². The minimum atomic E-state index is 0.636. The first-order valence-electron chi connectivity index (χ1n) is 3.45. The minimum absolute atomic E-state index is 0.636. The molecule has 0 aliphatic carbocycles. The summed E-state index contributed by atoms with van der Waals surface area (Å²) in [6.07, 6.45) is 3.84. The van der Waals surface area contributed by atoms with Gasteiger partial charge in [-0.05, 0) is 0 Å². The third-order valence-electron chi connectivity index (χ3n) is 1.46. The van der Waals surface area contributed by atoms with Crippen molar-refractivity contribution < 1.29 is 4.42 Å². The molecule has 2 rings (SSSR count). The Bertz CT molecular complexity index is 368.